The molecule has 0 spiro atoms. The highest BCUT2D eigenvalue weighted by Gasteiger charge is 2.37. The van der Waals surface area contributed by atoms with Gasteiger partial charge in [0, 0.05) is 43.9 Å². The number of primary amides is 1. The Hall–Kier alpha value is -1.83. The fraction of sp³-hybridized carbons (Fsp3) is 0.692. The van der Waals surface area contributed by atoms with E-state index in [1.165, 1.54) is 19.3 Å². The summed E-state index contributed by atoms with van der Waals surface area (Å²) in [5.41, 5.74) is 6.57. The molecule has 1 aromatic heterocycles. The summed E-state index contributed by atoms with van der Waals surface area (Å²) in [4.78, 5) is 17.1. The molecular formula is C26H37ClN4O3. The number of halogens is 1. The molecule has 2 aliphatic heterocycles. The molecule has 0 radical (unpaired) electrons. The van der Waals surface area contributed by atoms with Gasteiger partial charge in [0.2, 0.25) is 5.91 Å². The lowest BCUT2D eigenvalue weighted by Gasteiger charge is -2.38. The van der Waals surface area contributed by atoms with Crippen molar-refractivity contribution >= 4 is 34.3 Å². The van der Waals surface area contributed by atoms with Gasteiger partial charge in [0.05, 0.1) is 17.4 Å². The van der Waals surface area contributed by atoms with Crippen LogP contribution >= 0.6 is 11.6 Å². The number of piperazine rings is 1. The number of aromatic nitrogens is 1. The second-order valence-corrected chi connectivity index (χ2v) is 10.8. The molecular weight excluding hydrogens is 452 g/mol. The van der Waals surface area contributed by atoms with Crippen molar-refractivity contribution in [2.24, 2.45) is 23.5 Å². The maximum Gasteiger partial charge on any atom is 0.223 e. The second kappa shape index (κ2) is 10.8. The SMILES string of the molecule is NC(=O)[C@H](C1CCC(CCN2CCN(c3noc4cc(Cl)ccc34)CC2)CC1)C1CCCCO1. The van der Waals surface area contributed by atoms with E-state index in [9.17, 15) is 4.79 Å². The Morgan fingerprint density at radius 2 is 1.91 bits per heavy atom. The molecule has 2 aromatic rings. The Kier molecular flexibility index (Phi) is 7.61. The number of carbonyl (C=O) groups is 1. The first-order chi connectivity index (χ1) is 16.6. The van der Waals surface area contributed by atoms with Crippen molar-refractivity contribution in [2.45, 2.75) is 57.5 Å². The third kappa shape index (κ3) is 5.37. The maximum atomic E-state index is 12.2. The average Bonchev–Trinajstić information content (AvgIpc) is 3.27. The Balaban J connectivity index is 1.06. The minimum Gasteiger partial charge on any atom is -0.377 e. The smallest absolute Gasteiger partial charge is 0.223 e. The van der Waals surface area contributed by atoms with Gasteiger partial charge in [-0.05, 0) is 69.0 Å². The highest BCUT2D eigenvalue weighted by Crippen LogP contribution is 2.38. The van der Waals surface area contributed by atoms with E-state index in [2.05, 4.69) is 15.0 Å². The monoisotopic (exact) mass is 488 g/mol. The van der Waals surface area contributed by atoms with Crippen LogP contribution < -0.4 is 10.6 Å². The lowest BCUT2D eigenvalue weighted by atomic mass is 9.72. The predicted octanol–water partition coefficient (Wildman–Crippen LogP) is 4.47. The van der Waals surface area contributed by atoms with Crippen LogP contribution in [0.4, 0.5) is 5.82 Å². The van der Waals surface area contributed by atoms with E-state index in [4.69, 9.17) is 26.6 Å². The topological polar surface area (TPSA) is 84.8 Å². The van der Waals surface area contributed by atoms with E-state index in [0.717, 1.165) is 94.1 Å². The van der Waals surface area contributed by atoms with Crippen molar-refractivity contribution in [3.05, 3.63) is 23.2 Å². The first-order valence-corrected chi connectivity index (χ1v) is 13.4. The fourth-order valence-corrected chi connectivity index (χ4v) is 6.44. The molecule has 3 fully saturated rings. The molecule has 2 saturated heterocycles. The number of fused-ring (bicyclic) bond motifs is 1. The van der Waals surface area contributed by atoms with E-state index in [-0.39, 0.29) is 17.9 Å². The molecule has 1 aromatic carbocycles. The Labute approximate surface area is 206 Å². The van der Waals surface area contributed by atoms with Crippen molar-refractivity contribution in [2.75, 3.05) is 44.2 Å². The molecule has 1 unspecified atom stereocenters. The minimum absolute atomic E-state index is 0.0444. The van der Waals surface area contributed by atoms with Crippen molar-refractivity contribution in [3.8, 4) is 0 Å². The number of nitrogens with zero attached hydrogens (tertiary/aromatic N) is 3. The van der Waals surface area contributed by atoms with E-state index in [1.54, 1.807) is 0 Å². The number of rotatable bonds is 7. The highest BCUT2D eigenvalue weighted by atomic mass is 35.5. The Morgan fingerprint density at radius 3 is 2.62 bits per heavy atom. The Morgan fingerprint density at radius 1 is 1.12 bits per heavy atom. The van der Waals surface area contributed by atoms with Crippen LogP contribution in [0.3, 0.4) is 0 Å². The molecule has 1 saturated carbocycles. The zero-order valence-electron chi connectivity index (χ0n) is 20.0. The van der Waals surface area contributed by atoms with Gasteiger partial charge in [-0.1, -0.05) is 29.6 Å². The van der Waals surface area contributed by atoms with Crippen LogP contribution in [-0.4, -0.2) is 61.4 Å². The van der Waals surface area contributed by atoms with E-state index < -0.39 is 0 Å². The van der Waals surface area contributed by atoms with Gasteiger partial charge in [-0.25, -0.2) is 0 Å². The Bertz CT molecular complexity index is 960. The summed E-state index contributed by atoms with van der Waals surface area (Å²) in [6.07, 6.45) is 9.14. The van der Waals surface area contributed by atoms with Crippen molar-refractivity contribution < 1.29 is 14.1 Å². The van der Waals surface area contributed by atoms with E-state index in [0.29, 0.717) is 10.9 Å². The molecule has 1 amide bonds. The van der Waals surface area contributed by atoms with Gasteiger partial charge in [0.15, 0.2) is 11.4 Å². The molecule has 8 heteroatoms. The lowest BCUT2D eigenvalue weighted by molar-refractivity contribution is -0.133. The standard InChI is InChI=1S/C26H37ClN4O3/c27-20-8-9-21-23(17-20)34-29-26(21)31-14-12-30(13-15-31)11-10-18-4-6-19(7-5-18)24(25(28)32)22-3-1-2-16-33-22/h8-9,17-19,22,24H,1-7,10-16H2,(H2,28,32)/t18?,19?,22?,24-/m1/s1. The largest absolute Gasteiger partial charge is 0.377 e. The second-order valence-electron chi connectivity index (χ2n) is 10.4. The first kappa shape index (κ1) is 23.9. The van der Waals surface area contributed by atoms with Crippen LogP contribution in [0.25, 0.3) is 11.0 Å². The van der Waals surface area contributed by atoms with Crippen molar-refractivity contribution in [3.63, 3.8) is 0 Å². The number of anilines is 1. The number of nitrogens with two attached hydrogens (primary N) is 1. The van der Waals surface area contributed by atoms with Crippen LogP contribution in [-0.2, 0) is 9.53 Å². The van der Waals surface area contributed by atoms with Gasteiger partial charge in [-0.3, -0.25) is 9.69 Å². The number of hydrogen-bond acceptors (Lipinski definition) is 6. The van der Waals surface area contributed by atoms with Crippen molar-refractivity contribution in [1.29, 1.82) is 0 Å². The van der Waals surface area contributed by atoms with Gasteiger partial charge in [-0.15, -0.1) is 0 Å². The summed E-state index contributed by atoms with van der Waals surface area (Å²) in [6, 6.07) is 5.71. The number of amides is 1. The van der Waals surface area contributed by atoms with Gasteiger partial charge < -0.3 is 19.9 Å². The summed E-state index contributed by atoms with van der Waals surface area (Å²) in [7, 11) is 0. The average molecular weight is 489 g/mol. The maximum absolute atomic E-state index is 12.2. The number of ether oxygens (including phenoxy) is 1. The van der Waals surface area contributed by atoms with Crippen LogP contribution in [0.5, 0.6) is 0 Å². The first-order valence-electron chi connectivity index (χ1n) is 13.0. The number of benzene rings is 1. The lowest BCUT2D eigenvalue weighted by Crippen LogP contribution is -2.47. The van der Waals surface area contributed by atoms with E-state index in [1.807, 2.05) is 18.2 Å². The molecule has 34 heavy (non-hydrogen) atoms. The number of hydrogen-bond donors (Lipinski definition) is 1. The number of carbonyl (C=O) groups excluding carboxylic acids is 1. The summed E-state index contributed by atoms with van der Waals surface area (Å²) in [6.45, 7) is 5.92. The minimum atomic E-state index is -0.156. The molecule has 2 atom stereocenters. The third-order valence-corrected chi connectivity index (χ3v) is 8.52. The van der Waals surface area contributed by atoms with Crippen LogP contribution in [0, 0.1) is 17.8 Å². The fourth-order valence-electron chi connectivity index (χ4n) is 6.28. The molecule has 7 nitrogen and oxygen atoms in total. The third-order valence-electron chi connectivity index (χ3n) is 8.28. The van der Waals surface area contributed by atoms with Crippen LogP contribution in [0.1, 0.15) is 51.4 Å². The molecule has 2 N–H and O–H groups in total. The van der Waals surface area contributed by atoms with Gasteiger partial charge in [-0.2, -0.15) is 0 Å². The van der Waals surface area contributed by atoms with Crippen LogP contribution in [0.15, 0.2) is 22.7 Å². The highest BCUT2D eigenvalue weighted by molar-refractivity contribution is 6.31. The predicted molar refractivity (Wildman–Crippen MR) is 134 cm³/mol. The summed E-state index contributed by atoms with van der Waals surface area (Å²) in [5, 5.41) is 6.00. The summed E-state index contributed by atoms with van der Waals surface area (Å²) in [5.74, 6) is 1.82. The summed E-state index contributed by atoms with van der Waals surface area (Å²) >= 11 is 6.07. The molecule has 0 bridgehead atoms. The van der Waals surface area contributed by atoms with Crippen molar-refractivity contribution in [1.82, 2.24) is 10.1 Å². The normalized spacial score (nSPS) is 27.7. The summed E-state index contributed by atoms with van der Waals surface area (Å²) < 4.78 is 11.4. The van der Waals surface area contributed by atoms with Crippen LogP contribution in [0.2, 0.25) is 5.02 Å². The molecule has 1 aliphatic carbocycles. The zero-order chi connectivity index (χ0) is 23.5. The molecule has 3 aliphatic rings. The van der Waals surface area contributed by atoms with E-state index >= 15 is 0 Å². The quantitative estimate of drug-likeness (QED) is 0.619. The molecule has 5 rings (SSSR count). The van der Waals surface area contributed by atoms with Gasteiger partial charge in [0.25, 0.3) is 0 Å². The molecule has 186 valence electrons. The van der Waals surface area contributed by atoms with Gasteiger partial charge in [0.1, 0.15) is 0 Å². The molecule has 3 heterocycles. The zero-order valence-corrected chi connectivity index (χ0v) is 20.7. The van der Waals surface area contributed by atoms with Gasteiger partial charge >= 0.3 is 0 Å².